The molecular formula is C13H16N2O4S. The summed E-state index contributed by atoms with van der Waals surface area (Å²) in [6.45, 7) is 0.787. The highest BCUT2D eigenvalue weighted by Gasteiger charge is 2.22. The van der Waals surface area contributed by atoms with E-state index in [0.717, 1.165) is 12.3 Å². The van der Waals surface area contributed by atoms with Gasteiger partial charge < -0.3 is 20.5 Å². The topological polar surface area (TPSA) is 87.7 Å². The third-order valence-electron chi connectivity index (χ3n) is 2.94. The van der Waals surface area contributed by atoms with Crippen LogP contribution in [0.2, 0.25) is 0 Å². The Morgan fingerprint density at radius 3 is 2.90 bits per heavy atom. The molecule has 3 N–H and O–H groups in total. The number of anilines is 1. The average Bonchev–Trinajstić information content (AvgIpc) is 2.48. The van der Waals surface area contributed by atoms with Crippen LogP contribution in [-0.2, 0) is 4.79 Å². The van der Waals surface area contributed by atoms with Crippen molar-refractivity contribution >= 4 is 29.3 Å². The normalized spacial score (nSPS) is 18.4. The van der Waals surface area contributed by atoms with Gasteiger partial charge in [0.15, 0.2) is 0 Å². The van der Waals surface area contributed by atoms with Gasteiger partial charge >= 0.3 is 5.97 Å². The largest absolute Gasteiger partial charge is 0.495 e. The van der Waals surface area contributed by atoms with E-state index in [9.17, 15) is 9.59 Å². The molecule has 0 spiro atoms. The standard InChI is InChI=1S/C13H16N2O4S/c1-19-11-3-2-8(13(17)18)6-9(11)15-12(16)10-7-20-5-4-14-10/h2-3,6,10,14H,4-5,7H2,1H3,(H,15,16)(H,17,18). The van der Waals surface area contributed by atoms with E-state index in [0.29, 0.717) is 17.2 Å². The molecular weight excluding hydrogens is 280 g/mol. The van der Waals surface area contributed by atoms with Crippen molar-refractivity contribution in [3.63, 3.8) is 0 Å². The van der Waals surface area contributed by atoms with E-state index in [1.165, 1.54) is 25.3 Å². The fourth-order valence-corrected chi connectivity index (χ4v) is 2.83. The van der Waals surface area contributed by atoms with Crippen LogP contribution in [0.4, 0.5) is 5.69 Å². The van der Waals surface area contributed by atoms with Gasteiger partial charge in [-0.2, -0.15) is 11.8 Å². The molecule has 1 heterocycles. The van der Waals surface area contributed by atoms with Gasteiger partial charge in [-0.15, -0.1) is 0 Å². The highest BCUT2D eigenvalue weighted by atomic mass is 32.2. The molecule has 2 rings (SSSR count). The molecule has 0 bridgehead atoms. The lowest BCUT2D eigenvalue weighted by molar-refractivity contribution is -0.117. The zero-order chi connectivity index (χ0) is 14.5. The Morgan fingerprint density at radius 2 is 2.30 bits per heavy atom. The summed E-state index contributed by atoms with van der Waals surface area (Å²) in [5.41, 5.74) is 0.474. The number of nitrogens with one attached hydrogen (secondary N) is 2. The number of hydrogen-bond donors (Lipinski definition) is 3. The Balaban J connectivity index is 2.15. The van der Waals surface area contributed by atoms with Crippen LogP contribution in [-0.4, -0.2) is 48.2 Å². The summed E-state index contributed by atoms with van der Waals surface area (Å²) in [6.07, 6.45) is 0. The molecule has 1 saturated heterocycles. The van der Waals surface area contributed by atoms with Crippen molar-refractivity contribution < 1.29 is 19.4 Å². The van der Waals surface area contributed by atoms with Gasteiger partial charge in [0.1, 0.15) is 5.75 Å². The summed E-state index contributed by atoms with van der Waals surface area (Å²) in [7, 11) is 1.47. The van der Waals surface area contributed by atoms with Crippen LogP contribution >= 0.6 is 11.8 Å². The highest BCUT2D eigenvalue weighted by molar-refractivity contribution is 7.99. The second-order valence-electron chi connectivity index (χ2n) is 4.29. The maximum Gasteiger partial charge on any atom is 0.335 e. The number of methoxy groups -OCH3 is 1. The fraction of sp³-hybridized carbons (Fsp3) is 0.385. The predicted molar refractivity (Wildman–Crippen MR) is 77.7 cm³/mol. The fourth-order valence-electron chi connectivity index (χ4n) is 1.89. The zero-order valence-electron chi connectivity index (χ0n) is 11.0. The van der Waals surface area contributed by atoms with Crippen LogP contribution in [0.15, 0.2) is 18.2 Å². The number of carboxylic acids is 1. The van der Waals surface area contributed by atoms with Gasteiger partial charge in [-0.3, -0.25) is 4.79 Å². The van der Waals surface area contributed by atoms with Crippen LogP contribution in [0.1, 0.15) is 10.4 Å². The molecule has 0 radical (unpaired) electrons. The maximum absolute atomic E-state index is 12.1. The molecule has 0 aliphatic carbocycles. The zero-order valence-corrected chi connectivity index (χ0v) is 11.8. The Hall–Kier alpha value is -1.73. The number of carbonyl (C=O) groups excluding carboxylic acids is 1. The van der Waals surface area contributed by atoms with Crippen molar-refractivity contribution in [3.05, 3.63) is 23.8 Å². The van der Waals surface area contributed by atoms with Crippen molar-refractivity contribution in [2.45, 2.75) is 6.04 Å². The lowest BCUT2D eigenvalue weighted by Crippen LogP contribution is -2.46. The van der Waals surface area contributed by atoms with Gasteiger partial charge in [0.2, 0.25) is 5.91 Å². The Morgan fingerprint density at radius 1 is 1.50 bits per heavy atom. The van der Waals surface area contributed by atoms with Crippen LogP contribution in [0.5, 0.6) is 5.75 Å². The molecule has 1 unspecified atom stereocenters. The molecule has 0 aromatic heterocycles. The molecule has 6 nitrogen and oxygen atoms in total. The number of carboxylic acid groups (broad SMARTS) is 1. The van der Waals surface area contributed by atoms with Gasteiger partial charge in [0.25, 0.3) is 0 Å². The van der Waals surface area contributed by atoms with Gasteiger partial charge in [-0.05, 0) is 18.2 Å². The molecule has 20 heavy (non-hydrogen) atoms. The maximum atomic E-state index is 12.1. The number of rotatable bonds is 4. The first-order valence-corrected chi connectivity index (χ1v) is 7.30. The smallest absolute Gasteiger partial charge is 0.335 e. The Kier molecular flexibility index (Phi) is 4.86. The molecule has 0 saturated carbocycles. The van der Waals surface area contributed by atoms with Crippen molar-refractivity contribution in [3.8, 4) is 5.75 Å². The van der Waals surface area contributed by atoms with E-state index in [-0.39, 0.29) is 17.5 Å². The number of ether oxygens (including phenoxy) is 1. The van der Waals surface area contributed by atoms with Gasteiger partial charge in [0.05, 0.1) is 24.4 Å². The minimum Gasteiger partial charge on any atom is -0.495 e. The van der Waals surface area contributed by atoms with E-state index in [1.54, 1.807) is 11.8 Å². The number of aromatic carboxylic acids is 1. The van der Waals surface area contributed by atoms with Crippen molar-refractivity contribution in [1.29, 1.82) is 0 Å². The number of amides is 1. The minimum atomic E-state index is -1.05. The SMILES string of the molecule is COc1ccc(C(=O)O)cc1NC(=O)C1CSCCN1. The van der Waals surface area contributed by atoms with Gasteiger partial charge in [-0.1, -0.05) is 0 Å². The van der Waals surface area contributed by atoms with Crippen molar-refractivity contribution in [2.75, 3.05) is 30.5 Å². The molecule has 1 amide bonds. The Labute approximate surface area is 120 Å². The second kappa shape index (κ2) is 6.62. The monoisotopic (exact) mass is 296 g/mol. The number of thioether (sulfide) groups is 1. The van der Waals surface area contributed by atoms with Crippen LogP contribution < -0.4 is 15.4 Å². The molecule has 1 aromatic carbocycles. The first kappa shape index (κ1) is 14.7. The van der Waals surface area contributed by atoms with E-state index in [2.05, 4.69) is 10.6 Å². The van der Waals surface area contributed by atoms with E-state index >= 15 is 0 Å². The molecule has 1 aliphatic rings. The van der Waals surface area contributed by atoms with E-state index < -0.39 is 5.97 Å². The molecule has 1 aromatic rings. The number of benzene rings is 1. The summed E-state index contributed by atoms with van der Waals surface area (Å²) in [5, 5.41) is 14.8. The van der Waals surface area contributed by atoms with Crippen molar-refractivity contribution in [1.82, 2.24) is 5.32 Å². The van der Waals surface area contributed by atoms with Crippen LogP contribution in [0.25, 0.3) is 0 Å². The third kappa shape index (κ3) is 3.43. The number of carbonyl (C=O) groups is 2. The summed E-state index contributed by atoms with van der Waals surface area (Å²) in [4.78, 5) is 23.1. The second-order valence-corrected chi connectivity index (χ2v) is 5.44. The minimum absolute atomic E-state index is 0.104. The van der Waals surface area contributed by atoms with Crippen LogP contribution in [0.3, 0.4) is 0 Å². The first-order valence-electron chi connectivity index (χ1n) is 6.15. The summed E-state index contributed by atoms with van der Waals surface area (Å²) in [6, 6.07) is 4.09. The van der Waals surface area contributed by atoms with Crippen LogP contribution in [0, 0.1) is 0 Å². The molecule has 7 heteroatoms. The molecule has 1 aliphatic heterocycles. The van der Waals surface area contributed by atoms with E-state index in [1.807, 2.05) is 0 Å². The third-order valence-corrected chi connectivity index (χ3v) is 4.00. The number of hydrogen-bond acceptors (Lipinski definition) is 5. The molecule has 108 valence electrons. The van der Waals surface area contributed by atoms with E-state index in [4.69, 9.17) is 9.84 Å². The lowest BCUT2D eigenvalue weighted by Gasteiger charge is -2.22. The summed E-state index contributed by atoms with van der Waals surface area (Å²) < 4.78 is 5.14. The molecule has 1 atom stereocenters. The average molecular weight is 296 g/mol. The predicted octanol–water partition coefficient (Wildman–Crippen LogP) is 1.04. The van der Waals surface area contributed by atoms with Gasteiger partial charge in [-0.25, -0.2) is 4.79 Å². The summed E-state index contributed by atoms with van der Waals surface area (Å²) >= 11 is 1.71. The summed E-state index contributed by atoms with van der Waals surface area (Å²) in [5.74, 6) is 0.897. The Bertz CT molecular complexity index is 515. The van der Waals surface area contributed by atoms with Gasteiger partial charge in [0, 0.05) is 18.1 Å². The molecule has 1 fully saturated rings. The quantitative estimate of drug-likeness (QED) is 0.769. The lowest BCUT2D eigenvalue weighted by atomic mass is 10.1. The first-order chi connectivity index (χ1) is 9.61. The van der Waals surface area contributed by atoms with Crippen molar-refractivity contribution in [2.24, 2.45) is 0 Å². The highest BCUT2D eigenvalue weighted by Crippen LogP contribution is 2.26.